The second-order valence-corrected chi connectivity index (χ2v) is 6.15. The first-order valence-electron chi connectivity index (χ1n) is 8.40. The van der Waals surface area contributed by atoms with Gasteiger partial charge in [0.1, 0.15) is 0 Å². The normalized spacial score (nSPS) is 17.6. The molecular formula is C19H21N3O4. The Balaban J connectivity index is 1.77. The number of ether oxygens (including phenoxy) is 1. The van der Waals surface area contributed by atoms with Gasteiger partial charge in [0, 0.05) is 23.9 Å². The van der Waals surface area contributed by atoms with E-state index in [1.165, 1.54) is 11.0 Å². The van der Waals surface area contributed by atoms with Crippen LogP contribution < -0.4 is 0 Å². The van der Waals surface area contributed by atoms with Crippen molar-refractivity contribution in [2.75, 3.05) is 19.7 Å². The Morgan fingerprint density at radius 1 is 1.27 bits per heavy atom. The minimum Gasteiger partial charge on any atom is -0.479 e. The predicted molar refractivity (Wildman–Crippen MR) is 96.0 cm³/mol. The number of carbonyl (C=O) groups excluding carboxylic acids is 1. The Hall–Kier alpha value is -2.93. The molecule has 1 fully saturated rings. The molecule has 7 heteroatoms. The molecule has 1 amide bonds. The molecule has 0 aliphatic carbocycles. The van der Waals surface area contributed by atoms with Gasteiger partial charge in [-0.2, -0.15) is 5.10 Å². The number of amides is 1. The van der Waals surface area contributed by atoms with Gasteiger partial charge < -0.3 is 14.7 Å². The Labute approximate surface area is 151 Å². The summed E-state index contributed by atoms with van der Waals surface area (Å²) in [6.07, 6.45) is 2.24. The van der Waals surface area contributed by atoms with Gasteiger partial charge in [0.05, 0.1) is 24.5 Å². The van der Waals surface area contributed by atoms with Gasteiger partial charge in [0.2, 0.25) is 5.91 Å². The number of carbonyl (C=O) groups is 2. The zero-order valence-electron chi connectivity index (χ0n) is 14.8. The smallest absolute Gasteiger partial charge is 0.334 e. The van der Waals surface area contributed by atoms with E-state index in [1.54, 1.807) is 6.08 Å². The number of hydrogen-bond donors (Lipinski definition) is 1. The van der Waals surface area contributed by atoms with E-state index in [0.717, 1.165) is 22.6 Å². The number of nitrogens with zero attached hydrogens (tertiary/aromatic N) is 3. The van der Waals surface area contributed by atoms with Gasteiger partial charge in [0.15, 0.2) is 6.10 Å². The molecule has 0 spiro atoms. The number of benzene rings is 1. The van der Waals surface area contributed by atoms with Crippen LogP contribution in [0.3, 0.4) is 0 Å². The van der Waals surface area contributed by atoms with Crippen LogP contribution in [0.1, 0.15) is 17.0 Å². The number of hydrogen-bond acceptors (Lipinski definition) is 4. The van der Waals surface area contributed by atoms with Gasteiger partial charge in [-0.1, -0.05) is 18.2 Å². The summed E-state index contributed by atoms with van der Waals surface area (Å²) in [5.41, 5.74) is 3.59. The van der Waals surface area contributed by atoms with E-state index >= 15 is 0 Å². The highest BCUT2D eigenvalue weighted by Gasteiger charge is 2.28. The maximum Gasteiger partial charge on any atom is 0.334 e. The molecule has 1 aliphatic rings. The molecule has 0 bridgehead atoms. The Morgan fingerprint density at radius 2 is 2.00 bits per heavy atom. The summed E-state index contributed by atoms with van der Waals surface area (Å²) >= 11 is 0. The average molecular weight is 355 g/mol. The fourth-order valence-corrected chi connectivity index (χ4v) is 2.98. The molecule has 136 valence electrons. The summed E-state index contributed by atoms with van der Waals surface area (Å²) in [5, 5.41) is 13.6. The summed E-state index contributed by atoms with van der Waals surface area (Å²) in [6.45, 7) is 4.51. The van der Waals surface area contributed by atoms with Crippen LogP contribution in [0.25, 0.3) is 11.8 Å². The van der Waals surface area contributed by atoms with Gasteiger partial charge in [0.25, 0.3) is 0 Å². The van der Waals surface area contributed by atoms with Gasteiger partial charge in [-0.25, -0.2) is 9.48 Å². The summed E-state index contributed by atoms with van der Waals surface area (Å²) in [5.74, 6) is -1.28. The second-order valence-electron chi connectivity index (χ2n) is 6.15. The summed E-state index contributed by atoms with van der Waals surface area (Å²) < 4.78 is 6.98. The summed E-state index contributed by atoms with van der Waals surface area (Å²) in [4.78, 5) is 24.9. The molecule has 1 atom stereocenters. The number of aliphatic carboxylic acids is 1. The van der Waals surface area contributed by atoms with Crippen LogP contribution in [0, 0.1) is 13.8 Å². The zero-order chi connectivity index (χ0) is 18.7. The van der Waals surface area contributed by atoms with Crippen molar-refractivity contribution in [2.45, 2.75) is 20.0 Å². The topological polar surface area (TPSA) is 84.7 Å². The van der Waals surface area contributed by atoms with Crippen molar-refractivity contribution in [2.24, 2.45) is 0 Å². The van der Waals surface area contributed by atoms with Crippen molar-refractivity contribution >= 4 is 18.0 Å². The van der Waals surface area contributed by atoms with Crippen LogP contribution in [0.4, 0.5) is 0 Å². The zero-order valence-corrected chi connectivity index (χ0v) is 14.8. The molecule has 1 aromatic carbocycles. The van der Waals surface area contributed by atoms with Crippen molar-refractivity contribution < 1.29 is 19.4 Å². The molecule has 0 saturated carbocycles. The van der Waals surface area contributed by atoms with Gasteiger partial charge in [-0.05, 0) is 32.1 Å². The molecule has 1 N–H and O–H groups in total. The Bertz CT molecular complexity index is 842. The molecule has 2 aromatic rings. The molecule has 7 nitrogen and oxygen atoms in total. The number of morpholine rings is 1. The molecule has 1 aliphatic heterocycles. The van der Waals surface area contributed by atoms with Crippen molar-refractivity contribution in [3.63, 3.8) is 0 Å². The molecule has 0 radical (unpaired) electrons. The molecule has 1 unspecified atom stereocenters. The SMILES string of the molecule is Cc1nn(-c2ccccc2)c(C)c1/C=C/C(=O)N1CCOC(C(=O)O)C1. The van der Waals surface area contributed by atoms with Gasteiger partial charge in [-0.15, -0.1) is 0 Å². The van der Waals surface area contributed by atoms with Crippen molar-refractivity contribution in [3.8, 4) is 5.69 Å². The number of aromatic nitrogens is 2. The third kappa shape index (κ3) is 3.67. The predicted octanol–water partition coefficient (Wildman–Crippen LogP) is 1.81. The third-order valence-corrected chi connectivity index (χ3v) is 4.39. The first-order chi connectivity index (χ1) is 12.5. The lowest BCUT2D eigenvalue weighted by Gasteiger charge is -2.30. The molecular weight excluding hydrogens is 334 g/mol. The third-order valence-electron chi connectivity index (χ3n) is 4.39. The number of rotatable bonds is 4. The maximum absolute atomic E-state index is 12.4. The number of carboxylic acids is 1. The highest BCUT2D eigenvalue weighted by molar-refractivity contribution is 5.92. The highest BCUT2D eigenvalue weighted by atomic mass is 16.5. The van der Waals surface area contributed by atoms with E-state index in [1.807, 2.05) is 48.9 Å². The van der Waals surface area contributed by atoms with E-state index in [0.29, 0.717) is 6.54 Å². The fourth-order valence-electron chi connectivity index (χ4n) is 2.98. The highest BCUT2D eigenvalue weighted by Crippen LogP contribution is 2.19. The molecule has 1 aromatic heterocycles. The number of aryl methyl sites for hydroxylation is 1. The van der Waals surface area contributed by atoms with Crippen LogP contribution in [-0.4, -0.2) is 57.5 Å². The van der Waals surface area contributed by atoms with E-state index in [9.17, 15) is 9.59 Å². The average Bonchev–Trinajstić information content (AvgIpc) is 2.94. The van der Waals surface area contributed by atoms with Gasteiger partial charge >= 0.3 is 5.97 Å². The van der Waals surface area contributed by atoms with Crippen molar-refractivity contribution in [3.05, 3.63) is 53.4 Å². The molecule has 1 saturated heterocycles. The van der Waals surface area contributed by atoms with Crippen molar-refractivity contribution in [1.29, 1.82) is 0 Å². The number of carboxylic acid groups (broad SMARTS) is 1. The van der Waals surface area contributed by atoms with Crippen LogP contribution >= 0.6 is 0 Å². The standard InChI is InChI=1S/C19H21N3O4/c1-13-16(14(2)22(20-13)15-6-4-3-5-7-15)8-9-18(23)21-10-11-26-17(12-21)19(24)25/h3-9,17H,10-12H2,1-2H3,(H,24,25)/b9-8+. The Morgan fingerprint density at radius 3 is 2.69 bits per heavy atom. The first-order valence-corrected chi connectivity index (χ1v) is 8.40. The Kier molecular flexibility index (Phi) is 5.18. The van der Waals surface area contributed by atoms with Crippen LogP contribution in [0.5, 0.6) is 0 Å². The summed E-state index contributed by atoms with van der Waals surface area (Å²) in [7, 11) is 0. The van der Waals surface area contributed by atoms with E-state index in [2.05, 4.69) is 5.10 Å². The van der Waals surface area contributed by atoms with Crippen LogP contribution in [0.2, 0.25) is 0 Å². The number of para-hydroxylation sites is 1. The minimum atomic E-state index is -1.05. The van der Waals surface area contributed by atoms with E-state index in [4.69, 9.17) is 9.84 Å². The van der Waals surface area contributed by atoms with Crippen molar-refractivity contribution in [1.82, 2.24) is 14.7 Å². The molecule has 26 heavy (non-hydrogen) atoms. The maximum atomic E-state index is 12.4. The summed E-state index contributed by atoms with van der Waals surface area (Å²) in [6, 6.07) is 9.78. The molecule has 2 heterocycles. The monoisotopic (exact) mass is 355 g/mol. The van der Waals surface area contributed by atoms with Crippen LogP contribution in [-0.2, 0) is 14.3 Å². The second kappa shape index (κ2) is 7.53. The lowest BCUT2D eigenvalue weighted by molar-refractivity contribution is -0.158. The fraction of sp³-hybridized carbons (Fsp3) is 0.316. The van der Waals surface area contributed by atoms with Gasteiger partial charge in [-0.3, -0.25) is 4.79 Å². The van der Waals surface area contributed by atoms with Crippen LogP contribution in [0.15, 0.2) is 36.4 Å². The first kappa shape index (κ1) is 17.9. The largest absolute Gasteiger partial charge is 0.479 e. The lowest BCUT2D eigenvalue weighted by atomic mass is 10.1. The lowest BCUT2D eigenvalue weighted by Crippen LogP contribution is -2.48. The quantitative estimate of drug-likeness (QED) is 0.846. The minimum absolute atomic E-state index is 0.0553. The molecule has 3 rings (SSSR count). The van der Waals surface area contributed by atoms with E-state index < -0.39 is 12.1 Å². The van der Waals surface area contributed by atoms with E-state index in [-0.39, 0.29) is 19.1 Å².